The van der Waals surface area contributed by atoms with Crippen LogP contribution in [0, 0.1) is 0 Å². The monoisotopic (exact) mass is 281 g/mol. The molecule has 1 nitrogen and oxygen atoms in total. The van der Waals surface area contributed by atoms with Gasteiger partial charge in [-0.1, -0.05) is 0 Å². The molecule has 86 valence electrons. The molecule has 0 aromatic carbocycles. The molecule has 0 aromatic rings. The molecule has 0 amide bonds. The van der Waals surface area contributed by atoms with E-state index in [2.05, 4.69) is 63.6 Å². The summed E-state index contributed by atoms with van der Waals surface area (Å²) in [4.78, 5) is 2.25. The van der Waals surface area contributed by atoms with E-state index in [9.17, 15) is 0 Å². The van der Waals surface area contributed by atoms with E-state index >= 15 is 0 Å². The minimum atomic E-state index is 0.375. The first-order valence-corrected chi connectivity index (χ1v) is 7.14. The third-order valence-electron chi connectivity index (χ3n) is 2.49. The van der Waals surface area contributed by atoms with Crippen LogP contribution < -0.4 is 0 Å². The van der Waals surface area contributed by atoms with Crippen molar-refractivity contribution in [3.8, 4) is 0 Å². The fraction of sp³-hybridized carbons (Fsp3) is 0.286. The summed E-state index contributed by atoms with van der Waals surface area (Å²) in [5, 5.41) is 0. The Morgan fingerprint density at radius 3 is 2.31 bits per heavy atom. The standard InChI is InChI=1S/C14H19NSe/c1-6-10-12-14(9-4)16-13(8-3)11(7-2)15(12)5/h6-10H,4H2,1-3,5H3/b10-6-,11-7+,13-8+. The van der Waals surface area contributed by atoms with Crippen molar-refractivity contribution in [3.05, 3.63) is 57.3 Å². The van der Waals surface area contributed by atoms with Gasteiger partial charge in [0.05, 0.1) is 0 Å². The zero-order valence-corrected chi connectivity index (χ0v) is 12.2. The molecule has 0 N–H and O–H groups in total. The Morgan fingerprint density at radius 2 is 1.88 bits per heavy atom. The van der Waals surface area contributed by atoms with E-state index in [0.717, 1.165) is 0 Å². The molecule has 1 rings (SSSR count). The van der Waals surface area contributed by atoms with Gasteiger partial charge in [0.25, 0.3) is 0 Å². The van der Waals surface area contributed by atoms with Gasteiger partial charge in [-0.25, -0.2) is 0 Å². The van der Waals surface area contributed by atoms with E-state index in [1.165, 1.54) is 20.3 Å². The van der Waals surface area contributed by atoms with Crippen LogP contribution in [-0.4, -0.2) is 26.9 Å². The third-order valence-corrected chi connectivity index (χ3v) is 5.14. The Hall–Kier alpha value is -0.981. The third kappa shape index (κ3) is 2.40. The minimum absolute atomic E-state index is 0.375. The van der Waals surface area contributed by atoms with Crippen LogP contribution in [0.3, 0.4) is 0 Å². The SMILES string of the molecule is C=CC1=C(/C=C\C)N(C)C(=C/C)/C(=C\C)[Se]1. The molecule has 2 heteroatoms. The second-order valence-corrected chi connectivity index (χ2v) is 5.72. The Labute approximate surface area is 105 Å². The van der Waals surface area contributed by atoms with Gasteiger partial charge >= 0.3 is 105 Å². The average molecular weight is 280 g/mol. The van der Waals surface area contributed by atoms with Gasteiger partial charge in [-0.2, -0.15) is 0 Å². The van der Waals surface area contributed by atoms with E-state index in [0.29, 0.717) is 15.0 Å². The zero-order valence-electron chi connectivity index (χ0n) is 10.4. The van der Waals surface area contributed by atoms with Crippen LogP contribution in [-0.2, 0) is 0 Å². The topological polar surface area (TPSA) is 3.24 Å². The molecule has 0 bridgehead atoms. The molecule has 0 unspecified atom stereocenters. The normalized spacial score (nSPS) is 22.6. The zero-order chi connectivity index (χ0) is 12.1. The molecule has 0 saturated carbocycles. The molecule has 0 saturated heterocycles. The summed E-state index contributed by atoms with van der Waals surface area (Å²) in [5.41, 5.74) is 2.59. The van der Waals surface area contributed by atoms with Crippen LogP contribution in [0.2, 0.25) is 0 Å². The first-order chi connectivity index (χ1) is 7.69. The van der Waals surface area contributed by atoms with Crippen molar-refractivity contribution in [1.29, 1.82) is 0 Å². The van der Waals surface area contributed by atoms with E-state index in [1.807, 2.05) is 6.08 Å². The second-order valence-electron chi connectivity index (χ2n) is 3.44. The van der Waals surface area contributed by atoms with Crippen molar-refractivity contribution in [3.63, 3.8) is 0 Å². The van der Waals surface area contributed by atoms with Crippen LogP contribution >= 0.6 is 0 Å². The summed E-state index contributed by atoms with van der Waals surface area (Å²) in [7, 11) is 2.12. The van der Waals surface area contributed by atoms with Crippen LogP contribution in [0.5, 0.6) is 0 Å². The van der Waals surface area contributed by atoms with Gasteiger partial charge in [-0.05, 0) is 0 Å². The van der Waals surface area contributed by atoms with Gasteiger partial charge in [0.1, 0.15) is 0 Å². The van der Waals surface area contributed by atoms with Gasteiger partial charge in [0, 0.05) is 0 Å². The Bertz CT molecular complexity index is 397. The number of nitrogens with zero attached hydrogens (tertiary/aromatic N) is 1. The molecule has 0 radical (unpaired) electrons. The van der Waals surface area contributed by atoms with Crippen molar-refractivity contribution >= 4 is 15.0 Å². The fourth-order valence-corrected chi connectivity index (χ4v) is 4.05. The molecule has 0 spiro atoms. The molecule has 1 aliphatic heterocycles. The Balaban J connectivity index is 3.32. The average Bonchev–Trinajstić information content (AvgIpc) is 2.31. The molecule has 1 heterocycles. The Kier molecular flexibility index (Phi) is 4.85. The van der Waals surface area contributed by atoms with Gasteiger partial charge in [0.2, 0.25) is 0 Å². The molecule has 0 atom stereocenters. The molecule has 0 fully saturated rings. The van der Waals surface area contributed by atoms with Crippen LogP contribution in [0.25, 0.3) is 0 Å². The fourth-order valence-electron chi connectivity index (χ4n) is 1.72. The van der Waals surface area contributed by atoms with Crippen molar-refractivity contribution in [2.75, 3.05) is 7.05 Å². The first-order valence-electron chi connectivity index (χ1n) is 5.43. The van der Waals surface area contributed by atoms with Crippen molar-refractivity contribution < 1.29 is 0 Å². The molecule has 0 aromatic heterocycles. The van der Waals surface area contributed by atoms with Crippen molar-refractivity contribution in [2.24, 2.45) is 0 Å². The number of hydrogen-bond donors (Lipinski definition) is 0. The molecular formula is C14H19NSe. The van der Waals surface area contributed by atoms with E-state index in [-0.39, 0.29) is 0 Å². The van der Waals surface area contributed by atoms with E-state index in [1.54, 1.807) is 0 Å². The summed E-state index contributed by atoms with van der Waals surface area (Å²) < 4.78 is 2.78. The van der Waals surface area contributed by atoms with Gasteiger partial charge in [-0.15, -0.1) is 0 Å². The summed E-state index contributed by atoms with van der Waals surface area (Å²) in [6.45, 7) is 10.2. The van der Waals surface area contributed by atoms with Crippen LogP contribution in [0.4, 0.5) is 0 Å². The van der Waals surface area contributed by atoms with Crippen molar-refractivity contribution in [2.45, 2.75) is 20.8 Å². The molecular weight excluding hydrogens is 261 g/mol. The molecule has 1 aliphatic rings. The predicted molar refractivity (Wildman–Crippen MR) is 73.1 cm³/mol. The first kappa shape index (κ1) is 13.1. The van der Waals surface area contributed by atoms with Gasteiger partial charge in [0.15, 0.2) is 0 Å². The van der Waals surface area contributed by atoms with Crippen LogP contribution in [0.1, 0.15) is 20.8 Å². The quantitative estimate of drug-likeness (QED) is 0.701. The number of rotatable bonds is 2. The predicted octanol–water partition coefficient (Wildman–Crippen LogP) is 3.42. The summed E-state index contributed by atoms with van der Waals surface area (Å²) in [5.74, 6) is 0. The molecule has 0 aliphatic carbocycles. The van der Waals surface area contributed by atoms with Crippen molar-refractivity contribution in [1.82, 2.24) is 4.90 Å². The maximum absolute atomic E-state index is 3.92. The molecule has 16 heavy (non-hydrogen) atoms. The van der Waals surface area contributed by atoms with Gasteiger partial charge in [-0.3, -0.25) is 0 Å². The van der Waals surface area contributed by atoms with Crippen LogP contribution in [0.15, 0.2) is 57.3 Å². The number of allylic oxidation sites excluding steroid dienone is 7. The van der Waals surface area contributed by atoms with E-state index in [4.69, 9.17) is 0 Å². The summed E-state index contributed by atoms with van der Waals surface area (Å²) >= 11 is 0.375. The number of hydrogen-bond acceptors (Lipinski definition) is 1. The van der Waals surface area contributed by atoms with E-state index < -0.39 is 0 Å². The number of likely N-dealkylation sites (N-methyl/N-ethyl adjacent to an activating group) is 1. The second kappa shape index (κ2) is 5.93. The summed E-state index contributed by atoms with van der Waals surface area (Å²) in [6, 6.07) is 0. The summed E-state index contributed by atoms with van der Waals surface area (Å²) in [6.07, 6.45) is 10.6. The Morgan fingerprint density at radius 1 is 1.19 bits per heavy atom. The maximum atomic E-state index is 3.92. The van der Waals surface area contributed by atoms with Gasteiger partial charge < -0.3 is 0 Å².